The van der Waals surface area contributed by atoms with E-state index in [0.29, 0.717) is 40.2 Å². The van der Waals surface area contributed by atoms with Crippen LogP contribution in [-0.2, 0) is 18.9 Å². The van der Waals surface area contributed by atoms with E-state index in [4.69, 9.17) is 18.9 Å². The Morgan fingerprint density at radius 1 is 1.07 bits per heavy atom. The lowest BCUT2D eigenvalue weighted by molar-refractivity contribution is -0.374. The van der Waals surface area contributed by atoms with Crippen molar-refractivity contribution < 1.29 is 24.1 Å². The summed E-state index contributed by atoms with van der Waals surface area (Å²) in [6, 6.07) is 0. The molecule has 0 unspecified atom stereocenters. The maximum atomic E-state index is 10.0. The van der Waals surface area contributed by atoms with Gasteiger partial charge >= 0.3 is 0 Å². The van der Waals surface area contributed by atoms with Crippen molar-refractivity contribution in [1.29, 1.82) is 0 Å². The molecule has 0 atom stereocenters. The van der Waals surface area contributed by atoms with Crippen molar-refractivity contribution in [3.05, 3.63) is 0 Å². The van der Waals surface area contributed by atoms with E-state index in [0.717, 1.165) is 0 Å². The van der Waals surface area contributed by atoms with Crippen molar-refractivity contribution in [3.8, 4) is 0 Å². The largest absolute Gasteiger partial charge is 0.853 e. The average molecular weight is 222 g/mol. The first-order valence-electron chi connectivity index (χ1n) is 4.55. The Labute approximate surface area is 90.7 Å². The molecule has 15 heavy (non-hydrogen) atoms. The molecule has 0 spiro atoms. The predicted octanol–water partition coefficient (Wildman–Crippen LogP) is -0.805. The first-order chi connectivity index (χ1) is 6.93. The van der Waals surface area contributed by atoms with Gasteiger partial charge < -0.3 is 24.1 Å². The predicted molar refractivity (Wildman–Crippen MR) is 51.8 cm³/mol. The fourth-order valence-electron chi connectivity index (χ4n) is 0.976. The van der Waals surface area contributed by atoms with E-state index in [1.807, 2.05) is 4.90 Å². The third-order valence-corrected chi connectivity index (χ3v) is 1.59. The SMILES string of the molecule is C.[O-]CCOCCOCN1COCOC1. The molecule has 1 fully saturated rings. The smallest absolute Gasteiger partial charge is 0.150 e. The van der Waals surface area contributed by atoms with Gasteiger partial charge in [-0.3, -0.25) is 0 Å². The lowest BCUT2D eigenvalue weighted by Gasteiger charge is -2.25. The van der Waals surface area contributed by atoms with E-state index in [2.05, 4.69) is 0 Å². The second-order valence-electron chi connectivity index (χ2n) is 2.81. The van der Waals surface area contributed by atoms with Gasteiger partial charge in [0.1, 0.15) is 27.0 Å². The third kappa shape index (κ3) is 7.66. The molecule has 0 aromatic rings. The zero-order chi connectivity index (χ0) is 10.1. The molecule has 0 amide bonds. The zero-order valence-electron chi connectivity index (χ0n) is 8.15. The number of ether oxygens (including phenoxy) is 4. The average Bonchev–Trinajstić information content (AvgIpc) is 2.25. The maximum Gasteiger partial charge on any atom is 0.150 e. The third-order valence-electron chi connectivity index (χ3n) is 1.59. The van der Waals surface area contributed by atoms with Gasteiger partial charge in [-0.25, -0.2) is 4.90 Å². The van der Waals surface area contributed by atoms with Gasteiger partial charge in [-0.15, -0.1) is 6.61 Å². The Hall–Kier alpha value is -0.240. The molecule has 1 aliphatic heterocycles. The summed E-state index contributed by atoms with van der Waals surface area (Å²) >= 11 is 0. The second-order valence-corrected chi connectivity index (χ2v) is 2.81. The summed E-state index contributed by atoms with van der Waals surface area (Å²) in [5, 5.41) is 10.0. The van der Waals surface area contributed by atoms with E-state index >= 15 is 0 Å². The van der Waals surface area contributed by atoms with Crippen molar-refractivity contribution in [2.75, 3.05) is 53.4 Å². The molecule has 6 nitrogen and oxygen atoms in total. The molecule has 0 aromatic carbocycles. The summed E-state index contributed by atoms with van der Waals surface area (Å²) in [6.07, 6.45) is 0. The Morgan fingerprint density at radius 3 is 2.40 bits per heavy atom. The Morgan fingerprint density at radius 2 is 1.73 bits per heavy atom. The normalized spacial score (nSPS) is 17.4. The van der Waals surface area contributed by atoms with E-state index in [1.165, 1.54) is 0 Å². The van der Waals surface area contributed by atoms with Crippen LogP contribution in [-0.4, -0.2) is 58.3 Å². The summed E-state index contributed by atoms with van der Waals surface area (Å²) in [4.78, 5) is 1.87. The highest BCUT2D eigenvalue weighted by molar-refractivity contribution is 4.41. The minimum Gasteiger partial charge on any atom is -0.853 e. The molecule has 0 N–H and O–H groups in total. The van der Waals surface area contributed by atoms with E-state index in [1.54, 1.807) is 0 Å². The fourth-order valence-corrected chi connectivity index (χ4v) is 0.976. The maximum absolute atomic E-state index is 10.0. The molecule has 0 bridgehead atoms. The first kappa shape index (κ1) is 14.8. The summed E-state index contributed by atoms with van der Waals surface area (Å²) in [6.45, 7) is 2.86. The summed E-state index contributed by atoms with van der Waals surface area (Å²) in [5.74, 6) is 0. The van der Waals surface area contributed by atoms with Crippen LogP contribution >= 0.6 is 0 Å². The van der Waals surface area contributed by atoms with Crippen molar-refractivity contribution in [2.24, 2.45) is 0 Å². The number of hydrogen-bond acceptors (Lipinski definition) is 6. The number of hydrogen-bond donors (Lipinski definition) is 0. The topological polar surface area (TPSA) is 63.2 Å². The van der Waals surface area contributed by atoms with Gasteiger partial charge in [0, 0.05) is 6.61 Å². The van der Waals surface area contributed by atoms with E-state index < -0.39 is 0 Å². The molecule has 1 rings (SSSR count). The van der Waals surface area contributed by atoms with Gasteiger partial charge in [0.25, 0.3) is 0 Å². The van der Waals surface area contributed by atoms with Gasteiger partial charge in [0.2, 0.25) is 0 Å². The lowest BCUT2D eigenvalue weighted by atomic mass is 10.7. The highest BCUT2D eigenvalue weighted by Gasteiger charge is 2.09. The second kappa shape index (κ2) is 10.3. The number of rotatable bonds is 7. The molecule has 1 saturated heterocycles. The monoisotopic (exact) mass is 222 g/mol. The van der Waals surface area contributed by atoms with Crippen molar-refractivity contribution in [1.82, 2.24) is 4.90 Å². The summed E-state index contributed by atoms with van der Waals surface area (Å²) in [7, 11) is 0. The minimum atomic E-state index is -0.201. The van der Waals surface area contributed by atoms with Crippen LogP contribution < -0.4 is 5.11 Å². The highest BCUT2D eigenvalue weighted by Crippen LogP contribution is 1.97. The van der Waals surface area contributed by atoms with Crippen LogP contribution in [0.2, 0.25) is 0 Å². The van der Waals surface area contributed by atoms with Gasteiger partial charge in [-0.2, -0.15) is 0 Å². The van der Waals surface area contributed by atoms with Gasteiger partial charge in [-0.05, 0) is 0 Å². The fraction of sp³-hybridized carbons (Fsp3) is 1.00. The molecule has 1 aliphatic rings. The van der Waals surface area contributed by atoms with Crippen LogP contribution in [0.5, 0.6) is 0 Å². The molecular formula is C9H20NO5-. The minimum absolute atomic E-state index is 0. The van der Waals surface area contributed by atoms with Crippen molar-refractivity contribution in [2.45, 2.75) is 7.43 Å². The standard InChI is InChI=1S/C8H16NO5.CH4/c10-1-2-11-3-4-12-5-9-6-13-8-14-7-9;/h1-8H2;1H4/q-1;. The molecule has 1 heterocycles. The van der Waals surface area contributed by atoms with Crippen LogP contribution in [0.3, 0.4) is 0 Å². The van der Waals surface area contributed by atoms with Crippen LogP contribution in [0.1, 0.15) is 7.43 Å². The summed E-state index contributed by atoms with van der Waals surface area (Å²) < 4.78 is 20.3. The highest BCUT2D eigenvalue weighted by atomic mass is 16.7. The van der Waals surface area contributed by atoms with Crippen LogP contribution in [0.25, 0.3) is 0 Å². The molecule has 92 valence electrons. The molecule has 0 aromatic heterocycles. The lowest BCUT2D eigenvalue weighted by Crippen LogP contribution is -2.36. The van der Waals surface area contributed by atoms with Gasteiger partial charge in [-0.1, -0.05) is 7.43 Å². The Kier molecular flexibility index (Phi) is 10.1. The molecule has 0 radical (unpaired) electrons. The van der Waals surface area contributed by atoms with Crippen LogP contribution in [0.15, 0.2) is 0 Å². The van der Waals surface area contributed by atoms with Crippen molar-refractivity contribution >= 4 is 0 Å². The first-order valence-corrected chi connectivity index (χ1v) is 4.55. The molecular weight excluding hydrogens is 202 g/mol. The van der Waals surface area contributed by atoms with Crippen LogP contribution in [0.4, 0.5) is 0 Å². The molecule has 6 heteroatoms. The zero-order valence-corrected chi connectivity index (χ0v) is 8.15. The molecule has 0 saturated carbocycles. The Bertz CT molecular complexity index is 130. The van der Waals surface area contributed by atoms with Gasteiger partial charge in [0.05, 0.1) is 13.2 Å². The van der Waals surface area contributed by atoms with Gasteiger partial charge in [0.15, 0.2) is 0 Å². The van der Waals surface area contributed by atoms with Crippen molar-refractivity contribution in [3.63, 3.8) is 0 Å². The molecule has 0 aliphatic carbocycles. The quantitative estimate of drug-likeness (QED) is 0.525. The van der Waals surface area contributed by atoms with E-state index in [9.17, 15) is 5.11 Å². The van der Waals surface area contributed by atoms with Crippen LogP contribution in [0, 0.1) is 0 Å². The number of nitrogens with zero attached hydrogens (tertiary/aromatic N) is 1. The Balaban J connectivity index is 0.00000196. The summed E-state index contributed by atoms with van der Waals surface area (Å²) in [5.41, 5.74) is 0. The van der Waals surface area contributed by atoms with E-state index in [-0.39, 0.29) is 20.6 Å².